The van der Waals surface area contributed by atoms with E-state index >= 15 is 0 Å². The lowest BCUT2D eigenvalue weighted by Gasteiger charge is -2.25. The number of nitrogens with one attached hydrogen (secondary N) is 3. The predicted molar refractivity (Wildman–Crippen MR) is 139 cm³/mol. The lowest BCUT2D eigenvalue weighted by Crippen LogP contribution is -2.40. The highest BCUT2D eigenvalue weighted by molar-refractivity contribution is 7.93. The average molecular weight is 537 g/mol. The van der Waals surface area contributed by atoms with Gasteiger partial charge in [-0.05, 0) is 60.7 Å². The molecule has 2 amide bonds. The van der Waals surface area contributed by atoms with Crippen LogP contribution in [0.2, 0.25) is 0 Å². The van der Waals surface area contributed by atoms with Gasteiger partial charge < -0.3 is 20.1 Å². The Morgan fingerprint density at radius 1 is 0.892 bits per heavy atom. The normalized spacial score (nSPS) is 14.4. The zero-order chi connectivity index (χ0) is 25.8. The molecule has 1 unspecified atom stereocenters. The van der Waals surface area contributed by atoms with Crippen molar-refractivity contribution in [2.75, 3.05) is 22.0 Å². The van der Waals surface area contributed by atoms with E-state index < -0.39 is 22.0 Å². The first-order chi connectivity index (χ1) is 17.9. The van der Waals surface area contributed by atoms with Gasteiger partial charge in [-0.1, -0.05) is 12.1 Å². The van der Waals surface area contributed by atoms with Crippen LogP contribution in [0.3, 0.4) is 0 Å². The maximum atomic E-state index is 12.6. The number of benzene rings is 3. The Bertz CT molecular complexity index is 1520. The molecule has 0 fully saturated rings. The molecule has 0 spiro atoms. The number of aromatic nitrogens is 1. The summed E-state index contributed by atoms with van der Waals surface area (Å²) in [6.07, 6.45) is 0.697. The minimum absolute atomic E-state index is 0.0385. The number of para-hydroxylation sites is 2. The second-order valence-electron chi connectivity index (χ2n) is 7.85. The third-order valence-corrected chi connectivity index (χ3v) is 7.46. The number of sulfonamides is 1. The van der Waals surface area contributed by atoms with Gasteiger partial charge in [0.2, 0.25) is 6.10 Å². The number of amides is 2. The van der Waals surface area contributed by atoms with Crippen LogP contribution in [-0.4, -0.2) is 37.9 Å². The van der Waals surface area contributed by atoms with Gasteiger partial charge in [-0.15, -0.1) is 11.3 Å². The standard InChI is InChI=1S/C25H20N4O6S2/c30-23(27-18-9-11-19(12-10-18)37(32,33)29-25-26-13-14-36-25)16-5-7-17(8-6-16)28-24(31)22-15-34-20-3-1-2-4-21(20)35-22/h1-14,22H,15H2,(H,26,29)(H,27,30)(H,28,31). The fourth-order valence-electron chi connectivity index (χ4n) is 3.44. The van der Waals surface area contributed by atoms with Crippen LogP contribution in [0.25, 0.3) is 0 Å². The molecule has 1 atom stereocenters. The van der Waals surface area contributed by atoms with Gasteiger partial charge in [0.15, 0.2) is 16.6 Å². The van der Waals surface area contributed by atoms with Crippen molar-refractivity contribution in [3.63, 3.8) is 0 Å². The van der Waals surface area contributed by atoms with Crippen molar-refractivity contribution in [3.8, 4) is 11.5 Å². The molecule has 0 saturated heterocycles. The molecule has 1 aliphatic heterocycles. The summed E-state index contributed by atoms with van der Waals surface area (Å²) < 4.78 is 38.6. The number of ether oxygens (including phenoxy) is 2. The number of hydrogen-bond acceptors (Lipinski definition) is 8. The molecule has 12 heteroatoms. The SMILES string of the molecule is O=C(Nc1ccc(S(=O)(=O)Nc2nccs2)cc1)c1ccc(NC(=O)C2COc3ccccc3O2)cc1. The third kappa shape index (κ3) is 5.71. The van der Waals surface area contributed by atoms with Crippen molar-refractivity contribution < 1.29 is 27.5 Å². The number of fused-ring (bicyclic) bond motifs is 1. The first kappa shape index (κ1) is 24.3. The Kier molecular flexibility index (Phi) is 6.75. The molecule has 37 heavy (non-hydrogen) atoms. The molecule has 0 radical (unpaired) electrons. The fourth-order valence-corrected chi connectivity index (χ4v) is 5.23. The van der Waals surface area contributed by atoms with Crippen LogP contribution in [0.4, 0.5) is 16.5 Å². The van der Waals surface area contributed by atoms with E-state index in [-0.39, 0.29) is 22.5 Å². The first-order valence-electron chi connectivity index (χ1n) is 11.0. The Labute approximate surface area is 216 Å². The molecule has 2 heterocycles. The number of nitrogens with zero attached hydrogens (tertiary/aromatic N) is 1. The third-order valence-electron chi connectivity index (χ3n) is 5.29. The van der Waals surface area contributed by atoms with Gasteiger partial charge in [-0.25, -0.2) is 13.4 Å². The predicted octanol–water partition coefficient (Wildman–Crippen LogP) is 3.97. The van der Waals surface area contributed by atoms with Crippen LogP contribution in [0.15, 0.2) is 89.3 Å². The number of hydrogen-bond donors (Lipinski definition) is 3. The van der Waals surface area contributed by atoms with E-state index in [1.807, 2.05) is 6.07 Å². The second kappa shape index (κ2) is 10.3. The molecule has 3 aromatic carbocycles. The minimum atomic E-state index is -3.78. The Morgan fingerprint density at radius 2 is 1.57 bits per heavy atom. The molecule has 4 aromatic rings. The van der Waals surface area contributed by atoms with E-state index in [1.54, 1.807) is 47.8 Å². The maximum absolute atomic E-state index is 12.6. The molecular weight excluding hydrogens is 516 g/mol. The topological polar surface area (TPSA) is 136 Å². The molecule has 188 valence electrons. The van der Waals surface area contributed by atoms with Crippen LogP contribution >= 0.6 is 11.3 Å². The summed E-state index contributed by atoms with van der Waals surface area (Å²) in [4.78, 5) is 29.2. The fraction of sp³-hybridized carbons (Fsp3) is 0.0800. The minimum Gasteiger partial charge on any atom is -0.485 e. The maximum Gasteiger partial charge on any atom is 0.269 e. The first-order valence-corrected chi connectivity index (χ1v) is 13.4. The lowest BCUT2D eigenvalue weighted by molar-refractivity contribution is -0.125. The Hall–Kier alpha value is -4.42. The molecule has 5 rings (SSSR count). The summed E-state index contributed by atoms with van der Waals surface area (Å²) in [6.45, 7) is 0.0877. The van der Waals surface area contributed by atoms with E-state index in [4.69, 9.17) is 9.47 Å². The largest absolute Gasteiger partial charge is 0.485 e. The molecule has 3 N–H and O–H groups in total. The molecule has 10 nitrogen and oxygen atoms in total. The van der Waals surface area contributed by atoms with Gasteiger partial charge in [0, 0.05) is 28.5 Å². The molecule has 1 aromatic heterocycles. The van der Waals surface area contributed by atoms with E-state index in [9.17, 15) is 18.0 Å². The highest BCUT2D eigenvalue weighted by atomic mass is 32.2. The van der Waals surface area contributed by atoms with Crippen LogP contribution in [0.1, 0.15) is 10.4 Å². The van der Waals surface area contributed by atoms with E-state index in [2.05, 4.69) is 20.3 Å². The monoisotopic (exact) mass is 536 g/mol. The number of carbonyl (C=O) groups is 2. The molecule has 0 aliphatic carbocycles. The van der Waals surface area contributed by atoms with E-state index in [0.717, 1.165) is 0 Å². The number of anilines is 3. The summed E-state index contributed by atoms with van der Waals surface area (Å²) in [5.74, 6) is 0.328. The van der Waals surface area contributed by atoms with Gasteiger partial charge in [-0.2, -0.15) is 0 Å². The van der Waals surface area contributed by atoms with E-state index in [1.165, 1.54) is 41.8 Å². The Morgan fingerprint density at radius 3 is 2.27 bits per heavy atom. The molecular formula is C25H20N4O6S2. The van der Waals surface area contributed by atoms with Crippen LogP contribution in [0.5, 0.6) is 11.5 Å². The quantitative estimate of drug-likeness (QED) is 0.325. The van der Waals surface area contributed by atoms with Crippen molar-refractivity contribution in [1.29, 1.82) is 0 Å². The van der Waals surface area contributed by atoms with Crippen molar-refractivity contribution >= 4 is 49.7 Å². The Balaban J connectivity index is 1.17. The zero-order valence-corrected chi connectivity index (χ0v) is 20.7. The van der Waals surface area contributed by atoms with Crippen molar-refractivity contribution in [1.82, 2.24) is 4.98 Å². The van der Waals surface area contributed by atoms with Crippen LogP contribution < -0.4 is 24.8 Å². The van der Waals surface area contributed by atoms with Gasteiger partial charge in [0.25, 0.3) is 21.8 Å². The summed E-state index contributed by atoms with van der Waals surface area (Å²) in [7, 11) is -3.78. The second-order valence-corrected chi connectivity index (χ2v) is 10.4. The number of carbonyl (C=O) groups excluding carboxylic acids is 2. The van der Waals surface area contributed by atoms with E-state index in [0.29, 0.717) is 28.4 Å². The summed E-state index contributed by atoms with van der Waals surface area (Å²) in [5.41, 5.74) is 1.27. The van der Waals surface area contributed by atoms with Crippen LogP contribution in [-0.2, 0) is 14.8 Å². The van der Waals surface area contributed by atoms with Gasteiger partial charge in [0.05, 0.1) is 4.90 Å². The summed E-state index contributed by atoms with van der Waals surface area (Å²) >= 11 is 1.17. The molecule has 0 saturated carbocycles. The van der Waals surface area contributed by atoms with Crippen molar-refractivity contribution in [2.45, 2.75) is 11.0 Å². The van der Waals surface area contributed by atoms with Crippen molar-refractivity contribution in [3.05, 3.63) is 89.9 Å². The number of thiazole rings is 1. The van der Waals surface area contributed by atoms with Gasteiger partial charge in [-0.3, -0.25) is 14.3 Å². The highest BCUT2D eigenvalue weighted by Crippen LogP contribution is 2.31. The number of rotatable bonds is 7. The average Bonchev–Trinajstić information content (AvgIpc) is 3.41. The molecule has 0 bridgehead atoms. The van der Waals surface area contributed by atoms with Gasteiger partial charge >= 0.3 is 0 Å². The summed E-state index contributed by atoms with van der Waals surface area (Å²) in [5, 5.41) is 7.40. The lowest BCUT2D eigenvalue weighted by atomic mass is 10.2. The summed E-state index contributed by atoms with van der Waals surface area (Å²) in [6, 6.07) is 19.2. The molecule has 1 aliphatic rings. The van der Waals surface area contributed by atoms with Crippen LogP contribution in [0, 0.1) is 0 Å². The van der Waals surface area contributed by atoms with Gasteiger partial charge in [0.1, 0.15) is 6.61 Å². The van der Waals surface area contributed by atoms with Crippen molar-refractivity contribution in [2.24, 2.45) is 0 Å². The zero-order valence-electron chi connectivity index (χ0n) is 19.1. The highest BCUT2D eigenvalue weighted by Gasteiger charge is 2.27. The smallest absolute Gasteiger partial charge is 0.269 e.